The first kappa shape index (κ1) is 34.1. The zero-order valence-electron chi connectivity index (χ0n) is 23.4. The van der Waals surface area contributed by atoms with Gasteiger partial charge in [-0.25, -0.2) is 0 Å². The Morgan fingerprint density at radius 3 is 1.86 bits per heavy atom. The average Bonchev–Trinajstić information content (AvgIpc) is 2.85. The molecule has 0 aromatic heterocycles. The lowest BCUT2D eigenvalue weighted by Crippen LogP contribution is -2.28. The third-order valence-electron chi connectivity index (χ3n) is 6.42. The van der Waals surface area contributed by atoms with Crippen molar-refractivity contribution in [1.82, 2.24) is 5.32 Å². The van der Waals surface area contributed by atoms with Crippen molar-refractivity contribution in [2.75, 3.05) is 6.54 Å². The van der Waals surface area contributed by atoms with E-state index in [0.29, 0.717) is 12.8 Å². The van der Waals surface area contributed by atoms with Crippen LogP contribution in [0.4, 0.5) is 0 Å². The van der Waals surface area contributed by atoms with Crippen LogP contribution in [-0.2, 0) is 19.1 Å². The van der Waals surface area contributed by atoms with Gasteiger partial charge in [-0.15, -0.1) is 0 Å². The van der Waals surface area contributed by atoms with E-state index in [1.807, 2.05) is 0 Å². The van der Waals surface area contributed by atoms with E-state index in [-0.39, 0.29) is 24.5 Å². The highest BCUT2D eigenvalue weighted by atomic mass is 16.5. The summed E-state index contributed by atoms with van der Waals surface area (Å²) in [5.74, 6) is -1.33. The number of aliphatic carboxylic acids is 1. The van der Waals surface area contributed by atoms with Gasteiger partial charge in [0.1, 0.15) is 12.6 Å². The largest absolute Gasteiger partial charge is 0.480 e. The van der Waals surface area contributed by atoms with Crippen LogP contribution in [0.15, 0.2) is 12.2 Å². The molecule has 0 aliphatic rings. The van der Waals surface area contributed by atoms with Crippen LogP contribution < -0.4 is 5.32 Å². The molecule has 0 saturated carbocycles. The van der Waals surface area contributed by atoms with Crippen molar-refractivity contribution in [2.45, 2.75) is 155 Å². The number of esters is 1. The number of hydrogen-bond donors (Lipinski definition) is 2. The summed E-state index contributed by atoms with van der Waals surface area (Å²) in [7, 11) is 0. The first-order valence-electron chi connectivity index (χ1n) is 14.8. The van der Waals surface area contributed by atoms with E-state index in [4.69, 9.17) is 9.84 Å². The molecule has 1 amide bonds. The molecule has 0 rings (SSSR count). The summed E-state index contributed by atoms with van der Waals surface area (Å²) in [6.45, 7) is 4.13. The fourth-order valence-corrected chi connectivity index (χ4v) is 4.19. The molecule has 0 saturated heterocycles. The second kappa shape index (κ2) is 26.2. The molecule has 2 N–H and O–H groups in total. The number of amides is 1. The molecule has 0 aliphatic carbocycles. The molecule has 6 heteroatoms. The fraction of sp³-hybridized carbons (Fsp3) is 0.833. The smallest absolute Gasteiger partial charge is 0.322 e. The van der Waals surface area contributed by atoms with Gasteiger partial charge in [0, 0.05) is 12.8 Å². The predicted molar refractivity (Wildman–Crippen MR) is 148 cm³/mol. The number of allylic oxidation sites excluding steroid dienone is 1. The Bertz CT molecular complexity index is 576. The molecule has 210 valence electrons. The molecular formula is C30H55NO5. The standard InChI is InChI=1S/C30H55NO5/c1-3-5-7-9-11-12-13-15-21-25-30(35)36-27(22-18-14-10-8-6-4-2)23-19-16-17-20-24-28(32)31-26-29(33)34/h18,22,27H,3-17,19-21,23-26H2,1-2H3,(H,31,32)(H,33,34)/b22-18-. The Morgan fingerprint density at radius 2 is 1.25 bits per heavy atom. The van der Waals surface area contributed by atoms with Gasteiger partial charge in [-0.3, -0.25) is 14.4 Å². The zero-order valence-corrected chi connectivity index (χ0v) is 23.4. The van der Waals surface area contributed by atoms with Gasteiger partial charge in [-0.1, -0.05) is 103 Å². The average molecular weight is 510 g/mol. The molecule has 1 atom stereocenters. The van der Waals surface area contributed by atoms with Crippen LogP contribution in [0, 0.1) is 0 Å². The lowest BCUT2D eigenvalue weighted by atomic mass is 10.1. The van der Waals surface area contributed by atoms with Crippen LogP contribution in [0.5, 0.6) is 0 Å². The van der Waals surface area contributed by atoms with E-state index in [2.05, 4.69) is 31.3 Å². The van der Waals surface area contributed by atoms with Crippen LogP contribution in [0.3, 0.4) is 0 Å². The van der Waals surface area contributed by atoms with Crippen molar-refractivity contribution in [2.24, 2.45) is 0 Å². The molecule has 36 heavy (non-hydrogen) atoms. The lowest BCUT2D eigenvalue weighted by Gasteiger charge is -2.15. The van der Waals surface area contributed by atoms with Crippen molar-refractivity contribution in [1.29, 1.82) is 0 Å². The molecular weight excluding hydrogens is 454 g/mol. The van der Waals surface area contributed by atoms with Crippen molar-refractivity contribution >= 4 is 17.8 Å². The highest BCUT2D eigenvalue weighted by Gasteiger charge is 2.12. The zero-order chi connectivity index (χ0) is 26.7. The molecule has 0 aromatic carbocycles. The van der Waals surface area contributed by atoms with Gasteiger partial charge in [0.05, 0.1) is 0 Å². The summed E-state index contributed by atoms with van der Waals surface area (Å²) in [5, 5.41) is 11.0. The first-order chi connectivity index (χ1) is 17.5. The van der Waals surface area contributed by atoms with E-state index in [0.717, 1.165) is 51.4 Å². The summed E-state index contributed by atoms with van der Waals surface area (Å²) < 4.78 is 5.80. The van der Waals surface area contributed by atoms with Gasteiger partial charge in [-0.2, -0.15) is 0 Å². The molecule has 0 spiro atoms. The number of rotatable bonds is 26. The molecule has 0 radical (unpaired) electrons. The number of carboxylic acid groups (broad SMARTS) is 1. The molecule has 1 unspecified atom stereocenters. The molecule has 0 aromatic rings. The van der Waals surface area contributed by atoms with Gasteiger partial charge in [0.25, 0.3) is 0 Å². The van der Waals surface area contributed by atoms with Crippen LogP contribution in [0.1, 0.15) is 149 Å². The Kier molecular flexibility index (Phi) is 24.9. The van der Waals surface area contributed by atoms with Crippen molar-refractivity contribution in [3.05, 3.63) is 12.2 Å². The first-order valence-corrected chi connectivity index (χ1v) is 14.8. The normalized spacial score (nSPS) is 12.1. The monoisotopic (exact) mass is 509 g/mol. The van der Waals surface area contributed by atoms with E-state index < -0.39 is 5.97 Å². The molecule has 0 bridgehead atoms. The van der Waals surface area contributed by atoms with E-state index >= 15 is 0 Å². The molecule has 0 aliphatic heterocycles. The second-order valence-corrected chi connectivity index (χ2v) is 10.0. The minimum atomic E-state index is -1.03. The summed E-state index contributed by atoms with van der Waals surface area (Å²) in [6.07, 6.45) is 26.3. The number of unbranched alkanes of at least 4 members (excludes halogenated alkanes) is 15. The molecule has 0 heterocycles. The maximum atomic E-state index is 12.4. The lowest BCUT2D eigenvalue weighted by molar-refractivity contribution is -0.147. The second-order valence-electron chi connectivity index (χ2n) is 10.0. The predicted octanol–water partition coefficient (Wildman–Crippen LogP) is 7.89. The number of carboxylic acids is 1. The van der Waals surface area contributed by atoms with Crippen LogP contribution >= 0.6 is 0 Å². The third-order valence-corrected chi connectivity index (χ3v) is 6.42. The Balaban J connectivity index is 4.17. The van der Waals surface area contributed by atoms with Gasteiger partial charge in [0.15, 0.2) is 0 Å². The van der Waals surface area contributed by atoms with Gasteiger partial charge >= 0.3 is 11.9 Å². The Morgan fingerprint density at radius 1 is 0.722 bits per heavy atom. The Labute approximate surface area is 221 Å². The van der Waals surface area contributed by atoms with Crippen molar-refractivity contribution < 1.29 is 24.2 Å². The summed E-state index contributed by atoms with van der Waals surface area (Å²) in [4.78, 5) is 34.5. The van der Waals surface area contributed by atoms with Gasteiger partial charge < -0.3 is 15.2 Å². The van der Waals surface area contributed by atoms with Gasteiger partial charge in [0.2, 0.25) is 5.91 Å². The number of carbonyl (C=O) groups is 3. The highest BCUT2D eigenvalue weighted by molar-refractivity contribution is 5.80. The minimum absolute atomic E-state index is 0.0892. The number of ether oxygens (including phenoxy) is 1. The van der Waals surface area contributed by atoms with Crippen LogP contribution in [0.25, 0.3) is 0 Å². The van der Waals surface area contributed by atoms with Gasteiger partial charge in [-0.05, 0) is 44.6 Å². The minimum Gasteiger partial charge on any atom is -0.480 e. The number of hydrogen-bond acceptors (Lipinski definition) is 4. The third kappa shape index (κ3) is 25.2. The fourth-order valence-electron chi connectivity index (χ4n) is 4.19. The summed E-state index contributed by atoms with van der Waals surface area (Å²) in [6, 6.07) is 0. The number of carbonyl (C=O) groups excluding carboxylic acids is 2. The summed E-state index contributed by atoms with van der Waals surface area (Å²) in [5.41, 5.74) is 0. The van der Waals surface area contributed by atoms with E-state index in [1.165, 1.54) is 70.6 Å². The maximum absolute atomic E-state index is 12.4. The van der Waals surface area contributed by atoms with E-state index in [1.54, 1.807) is 0 Å². The van der Waals surface area contributed by atoms with Crippen molar-refractivity contribution in [3.8, 4) is 0 Å². The SMILES string of the molecule is CCCCCC/C=C\C(CCCCCCC(=O)NCC(=O)O)OC(=O)CCCCCCCCCCC. The van der Waals surface area contributed by atoms with Crippen LogP contribution in [0.2, 0.25) is 0 Å². The van der Waals surface area contributed by atoms with Crippen molar-refractivity contribution in [3.63, 3.8) is 0 Å². The van der Waals surface area contributed by atoms with Crippen LogP contribution in [-0.4, -0.2) is 35.6 Å². The maximum Gasteiger partial charge on any atom is 0.322 e. The molecule has 0 fully saturated rings. The highest BCUT2D eigenvalue weighted by Crippen LogP contribution is 2.15. The number of nitrogens with one attached hydrogen (secondary N) is 1. The summed E-state index contributed by atoms with van der Waals surface area (Å²) >= 11 is 0. The topological polar surface area (TPSA) is 92.7 Å². The quantitative estimate of drug-likeness (QED) is 0.0702. The van der Waals surface area contributed by atoms with E-state index in [9.17, 15) is 14.4 Å². The molecule has 6 nitrogen and oxygen atoms in total. The Hall–Kier alpha value is -1.85.